The Bertz CT molecular complexity index is 411. The standard InChI is InChI=1S/C12H15BrN2O2/c13-9-3-1-2-4-10(9)15-12(17)8-5-6-14-7-11(8)16/h5-7,9-10,16H,1-4H2,(H,15,17). The maximum Gasteiger partial charge on any atom is 0.255 e. The Kier molecular flexibility index (Phi) is 3.99. The molecule has 0 aromatic carbocycles. The van der Waals surface area contributed by atoms with Gasteiger partial charge in [0.2, 0.25) is 0 Å². The first-order valence-electron chi connectivity index (χ1n) is 5.76. The summed E-state index contributed by atoms with van der Waals surface area (Å²) >= 11 is 3.58. The maximum absolute atomic E-state index is 12.0. The minimum atomic E-state index is -0.235. The number of nitrogens with one attached hydrogen (secondary N) is 1. The van der Waals surface area contributed by atoms with Crippen LogP contribution in [0.25, 0.3) is 0 Å². The van der Waals surface area contributed by atoms with Gasteiger partial charge in [0.15, 0.2) is 0 Å². The second-order valence-corrected chi connectivity index (χ2v) is 5.45. The van der Waals surface area contributed by atoms with Gasteiger partial charge >= 0.3 is 0 Å². The molecule has 92 valence electrons. The largest absolute Gasteiger partial charge is 0.505 e. The number of hydrogen-bond donors (Lipinski definition) is 2. The summed E-state index contributed by atoms with van der Waals surface area (Å²) in [6, 6.07) is 1.67. The molecule has 2 unspecified atom stereocenters. The van der Waals surface area contributed by atoms with Crippen LogP contribution in [0.3, 0.4) is 0 Å². The first-order valence-corrected chi connectivity index (χ1v) is 6.68. The topological polar surface area (TPSA) is 62.2 Å². The summed E-state index contributed by atoms with van der Waals surface area (Å²) in [7, 11) is 0. The number of aromatic hydroxyl groups is 1. The summed E-state index contributed by atoms with van der Waals surface area (Å²) in [5, 5.41) is 12.5. The lowest BCUT2D eigenvalue weighted by molar-refractivity contribution is 0.0927. The van der Waals surface area contributed by atoms with Gasteiger partial charge in [-0.3, -0.25) is 9.78 Å². The highest BCUT2D eigenvalue weighted by molar-refractivity contribution is 9.09. The van der Waals surface area contributed by atoms with E-state index < -0.39 is 0 Å². The number of aromatic nitrogens is 1. The highest BCUT2D eigenvalue weighted by Gasteiger charge is 2.25. The number of rotatable bonds is 2. The molecule has 1 aliphatic rings. The molecule has 0 saturated heterocycles. The molecule has 17 heavy (non-hydrogen) atoms. The third kappa shape index (κ3) is 2.97. The zero-order valence-electron chi connectivity index (χ0n) is 9.40. The van der Waals surface area contributed by atoms with E-state index in [1.807, 2.05) is 0 Å². The molecule has 1 aliphatic carbocycles. The van der Waals surface area contributed by atoms with Gasteiger partial charge in [-0.15, -0.1) is 0 Å². The molecule has 1 aromatic rings. The van der Waals surface area contributed by atoms with Gasteiger partial charge < -0.3 is 10.4 Å². The second-order valence-electron chi connectivity index (χ2n) is 4.27. The van der Waals surface area contributed by atoms with Crippen molar-refractivity contribution in [3.05, 3.63) is 24.0 Å². The van der Waals surface area contributed by atoms with Gasteiger partial charge in [-0.25, -0.2) is 0 Å². The monoisotopic (exact) mass is 298 g/mol. The molecule has 0 spiro atoms. The number of nitrogens with zero attached hydrogens (tertiary/aromatic N) is 1. The Hall–Kier alpha value is -1.10. The fraction of sp³-hybridized carbons (Fsp3) is 0.500. The number of amides is 1. The van der Waals surface area contributed by atoms with E-state index >= 15 is 0 Å². The van der Waals surface area contributed by atoms with Crippen molar-refractivity contribution in [2.75, 3.05) is 0 Å². The summed E-state index contributed by atoms with van der Waals surface area (Å²) < 4.78 is 0. The summed E-state index contributed by atoms with van der Waals surface area (Å²) in [6.45, 7) is 0. The number of pyridine rings is 1. The summed E-state index contributed by atoms with van der Waals surface area (Å²) in [6.07, 6.45) is 7.17. The van der Waals surface area contributed by atoms with Gasteiger partial charge in [0.05, 0.1) is 11.8 Å². The molecule has 1 saturated carbocycles. The average Bonchev–Trinajstić information content (AvgIpc) is 2.32. The molecular formula is C12H15BrN2O2. The molecule has 0 aliphatic heterocycles. The van der Waals surface area contributed by atoms with Crippen LogP contribution < -0.4 is 5.32 Å². The van der Waals surface area contributed by atoms with E-state index in [0.717, 1.165) is 19.3 Å². The van der Waals surface area contributed by atoms with Crippen LogP contribution >= 0.6 is 15.9 Å². The molecule has 2 N–H and O–H groups in total. The van der Waals surface area contributed by atoms with Crippen LogP contribution in [0.5, 0.6) is 5.75 Å². The van der Waals surface area contributed by atoms with Gasteiger partial charge in [-0.2, -0.15) is 0 Å². The van der Waals surface area contributed by atoms with Crippen LogP contribution in [-0.2, 0) is 0 Å². The van der Waals surface area contributed by atoms with Gasteiger partial charge in [-0.05, 0) is 18.9 Å². The zero-order chi connectivity index (χ0) is 12.3. The Balaban J connectivity index is 2.04. The quantitative estimate of drug-likeness (QED) is 0.823. The third-order valence-electron chi connectivity index (χ3n) is 3.04. The molecule has 5 heteroatoms. The molecule has 4 nitrogen and oxygen atoms in total. The fourth-order valence-electron chi connectivity index (χ4n) is 2.07. The van der Waals surface area contributed by atoms with Crippen molar-refractivity contribution in [1.29, 1.82) is 0 Å². The summed E-state index contributed by atoms with van der Waals surface area (Å²) in [5.41, 5.74) is 0.283. The average molecular weight is 299 g/mol. The predicted octanol–water partition coefficient (Wildman–Crippen LogP) is 2.22. The number of alkyl halides is 1. The Morgan fingerprint density at radius 3 is 2.94 bits per heavy atom. The number of carbonyl (C=O) groups is 1. The molecule has 1 aromatic heterocycles. The Morgan fingerprint density at radius 1 is 1.47 bits per heavy atom. The molecule has 1 heterocycles. The van der Waals surface area contributed by atoms with E-state index in [-0.39, 0.29) is 23.3 Å². The van der Waals surface area contributed by atoms with E-state index in [1.54, 1.807) is 0 Å². The maximum atomic E-state index is 12.0. The van der Waals surface area contributed by atoms with Crippen LogP contribution in [0.4, 0.5) is 0 Å². The molecule has 2 rings (SSSR count). The van der Waals surface area contributed by atoms with E-state index in [2.05, 4.69) is 26.2 Å². The normalized spacial score (nSPS) is 24.3. The molecule has 1 fully saturated rings. The molecule has 0 bridgehead atoms. The summed E-state index contributed by atoms with van der Waals surface area (Å²) in [4.78, 5) is 16.0. The predicted molar refractivity (Wildman–Crippen MR) is 68.3 cm³/mol. The molecular weight excluding hydrogens is 284 g/mol. The van der Waals surface area contributed by atoms with E-state index in [1.165, 1.54) is 24.9 Å². The van der Waals surface area contributed by atoms with Crippen molar-refractivity contribution in [2.24, 2.45) is 0 Å². The highest BCUT2D eigenvalue weighted by Crippen LogP contribution is 2.25. The highest BCUT2D eigenvalue weighted by atomic mass is 79.9. The van der Waals surface area contributed by atoms with E-state index in [4.69, 9.17) is 0 Å². The molecule has 1 amide bonds. The van der Waals surface area contributed by atoms with Gasteiger partial charge in [0.25, 0.3) is 5.91 Å². The SMILES string of the molecule is O=C(NC1CCCCC1Br)c1ccncc1O. The van der Waals surface area contributed by atoms with Crippen molar-refractivity contribution >= 4 is 21.8 Å². The first-order chi connectivity index (χ1) is 8.18. The van der Waals surface area contributed by atoms with Crippen LogP contribution in [-0.4, -0.2) is 26.9 Å². The lowest BCUT2D eigenvalue weighted by Gasteiger charge is -2.28. The minimum Gasteiger partial charge on any atom is -0.505 e. The van der Waals surface area contributed by atoms with E-state index in [0.29, 0.717) is 4.83 Å². The van der Waals surface area contributed by atoms with Crippen LogP contribution in [0, 0.1) is 0 Å². The fourth-order valence-corrected chi connectivity index (χ4v) is 2.79. The Morgan fingerprint density at radius 2 is 2.24 bits per heavy atom. The van der Waals surface area contributed by atoms with Crippen molar-refractivity contribution in [2.45, 2.75) is 36.6 Å². The van der Waals surface area contributed by atoms with Gasteiger partial charge in [-0.1, -0.05) is 28.8 Å². The van der Waals surface area contributed by atoms with Crippen LogP contribution in [0.1, 0.15) is 36.0 Å². The van der Waals surface area contributed by atoms with Crippen molar-refractivity contribution in [1.82, 2.24) is 10.3 Å². The molecule has 0 radical (unpaired) electrons. The molecule has 2 atom stereocenters. The minimum absolute atomic E-state index is 0.0769. The Labute approximate surface area is 109 Å². The first kappa shape index (κ1) is 12.4. The van der Waals surface area contributed by atoms with Gasteiger partial charge in [0.1, 0.15) is 5.75 Å². The zero-order valence-corrected chi connectivity index (χ0v) is 11.0. The number of carbonyl (C=O) groups excluding carboxylic acids is 1. The number of hydrogen-bond acceptors (Lipinski definition) is 3. The lowest BCUT2D eigenvalue weighted by Crippen LogP contribution is -2.42. The third-order valence-corrected chi connectivity index (χ3v) is 4.14. The van der Waals surface area contributed by atoms with Crippen LogP contribution in [0.15, 0.2) is 18.5 Å². The van der Waals surface area contributed by atoms with Gasteiger partial charge in [0, 0.05) is 17.1 Å². The second kappa shape index (κ2) is 5.49. The summed E-state index contributed by atoms with van der Waals surface area (Å²) in [5.74, 6) is -0.312. The van der Waals surface area contributed by atoms with Crippen LogP contribution in [0.2, 0.25) is 0 Å². The lowest BCUT2D eigenvalue weighted by atomic mass is 9.95. The van der Waals surface area contributed by atoms with Crippen molar-refractivity contribution < 1.29 is 9.90 Å². The van der Waals surface area contributed by atoms with Crippen molar-refractivity contribution in [3.63, 3.8) is 0 Å². The number of halogens is 1. The van der Waals surface area contributed by atoms with Crippen molar-refractivity contribution in [3.8, 4) is 5.75 Å². The smallest absolute Gasteiger partial charge is 0.255 e. The van der Waals surface area contributed by atoms with E-state index in [9.17, 15) is 9.90 Å².